The summed E-state index contributed by atoms with van der Waals surface area (Å²) in [7, 11) is 0. The molecule has 2 unspecified atom stereocenters. The second-order valence-corrected chi connectivity index (χ2v) is 4.70. The lowest BCUT2D eigenvalue weighted by molar-refractivity contribution is -0.121. The molecular formula is C14H19NO3. The van der Waals surface area contributed by atoms with Crippen molar-refractivity contribution in [1.29, 1.82) is 0 Å². The van der Waals surface area contributed by atoms with E-state index in [4.69, 9.17) is 4.74 Å². The van der Waals surface area contributed by atoms with Crippen molar-refractivity contribution in [2.75, 3.05) is 11.9 Å². The molecule has 1 aliphatic rings. The van der Waals surface area contributed by atoms with Crippen molar-refractivity contribution in [3.8, 4) is 5.75 Å². The Kier molecular flexibility index (Phi) is 3.87. The standard InChI is InChI=1S/C14H19NO3/c1-3-13-11(6-7-18-13)14(17)15-10-5-4-9(2)12(16)8-10/h4-5,8,11,13,16H,3,6-7H2,1-2H3,(H,15,17). The molecule has 1 aromatic rings. The van der Waals surface area contributed by atoms with Crippen molar-refractivity contribution in [2.24, 2.45) is 5.92 Å². The highest BCUT2D eigenvalue weighted by atomic mass is 16.5. The van der Waals surface area contributed by atoms with Gasteiger partial charge in [-0.25, -0.2) is 0 Å². The van der Waals surface area contributed by atoms with E-state index in [1.165, 1.54) is 0 Å². The Labute approximate surface area is 107 Å². The monoisotopic (exact) mass is 249 g/mol. The number of aromatic hydroxyl groups is 1. The van der Waals surface area contributed by atoms with Crippen molar-refractivity contribution in [3.63, 3.8) is 0 Å². The van der Waals surface area contributed by atoms with Crippen LogP contribution >= 0.6 is 0 Å². The van der Waals surface area contributed by atoms with E-state index >= 15 is 0 Å². The lowest BCUT2D eigenvalue weighted by Gasteiger charge is -2.16. The number of nitrogens with one attached hydrogen (secondary N) is 1. The number of phenolic OH excluding ortho intramolecular Hbond substituents is 1. The van der Waals surface area contributed by atoms with E-state index in [0.717, 1.165) is 18.4 Å². The van der Waals surface area contributed by atoms with E-state index in [9.17, 15) is 9.90 Å². The minimum atomic E-state index is -0.0848. The summed E-state index contributed by atoms with van der Waals surface area (Å²) in [5.74, 6) is 0.0866. The van der Waals surface area contributed by atoms with Gasteiger partial charge in [-0.2, -0.15) is 0 Å². The van der Waals surface area contributed by atoms with Crippen LogP contribution in [0, 0.1) is 12.8 Å². The molecule has 1 aliphatic heterocycles. The Balaban J connectivity index is 2.04. The van der Waals surface area contributed by atoms with E-state index in [-0.39, 0.29) is 23.7 Å². The van der Waals surface area contributed by atoms with Crippen LogP contribution < -0.4 is 5.32 Å². The van der Waals surface area contributed by atoms with Crippen LogP contribution in [0.5, 0.6) is 5.75 Å². The van der Waals surface area contributed by atoms with Crippen molar-refractivity contribution in [1.82, 2.24) is 0 Å². The maximum absolute atomic E-state index is 12.1. The molecule has 1 amide bonds. The van der Waals surface area contributed by atoms with E-state index < -0.39 is 0 Å². The maximum Gasteiger partial charge on any atom is 0.230 e. The molecule has 18 heavy (non-hydrogen) atoms. The van der Waals surface area contributed by atoms with Gasteiger partial charge in [0.25, 0.3) is 0 Å². The minimum absolute atomic E-state index is 0.0176. The molecule has 0 aliphatic carbocycles. The lowest BCUT2D eigenvalue weighted by Crippen LogP contribution is -2.29. The van der Waals surface area contributed by atoms with Crippen molar-refractivity contribution in [3.05, 3.63) is 23.8 Å². The predicted molar refractivity (Wildman–Crippen MR) is 69.6 cm³/mol. The van der Waals surface area contributed by atoms with Gasteiger partial charge < -0.3 is 15.2 Å². The fraction of sp³-hybridized carbons (Fsp3) is 0.500. The molecule has 1 fully saturated rings. The van der Waals surface area contributed by atoms with Crippen molar-refractivity contribution >= 4 is 11.6 Å². The molecule has 1 saturated heterocycles. The summed E-state index contributed by atoms with van der Waals surface area (Å²) in [5, 5.41) is 12.4. The van der Waals surface area contributed by atoms with Gasteiger partial charge in [0.05, 0.1) is 12.0 Å². The number of rotatable bonds is 3. The molecule has 2 atom stereocenters. The molecule has 0 saturated carbocycles. The Bertz CT molecular complexity index is 445. The molecule has 4 nitrogen and oxygen atoms in total. The number of phenols is 1. The quantitative estimate of drug-likeness (QED) is 0.865. The molecule has 1 aromatic carbocycles. The van der Waals surface area contributed by atoms with Gasteiger partial charge in [-0.3, -0.25) is 4.79 Å². The van der Waals surface area contributed by atoms with Crippen LogP contribution in [0.2, 0.25) is 0 Å². The smallest absolute Gasteiger partial charge is 0.230 e. The average molecular weight is 249 g/mol. The summed E-state index contributed by atoms with van der Waals surface area (Å²) in [6, 6.07) is 5.15. The molecule has 1 heterocycles. The fourth-order valence-electron chi connectivity index (χ4n) is 2.27. The van der Waals surface area contributed by atoms with E-state index in [0.29, 0.717) is 12.3 Å². The Hall–Kier alpha value is -1.55. The minimum Gasteiger partial charge on any atom is -0.508 e. The zero-order valence-electron chi connectivity index (χ0n) is 10.8. The first-order valence-electron chi connectivity index (χ1n) is 6.34. The van der Waals surface area contributed by atoms with Crippen LogP contribution in [0.15, 0.2) is 18.2 Å². The van der Waals surface area contributed by atoms with E-state index in [1.54, 1.807) is 18.2 Å². The third-order valence-corrected chi connectivity index (χ3v) is 3.43. The summed E-state index contributed by atoms with van der Waals surface area (Å²) in [6.45, 7) is 4.49. The number of amides is 1. The van der Waals surface area contributed by atoms with Crippen LogP contribution in [0.25, 0.3) is 0 Å². The van der Waals surface area contributed by atoms with Crippen molar-refractivity contribution < 1.29 is 14.6 Å². The van der Waals surface area contributed by atoms with Crippen LogP contribution in [0.3, 0.4) is 0 Å². The topological polar surface area (TPSA) is 58.6 Å². The number of hydrogen-bond donors (Lipinski definition) is 2. The number of anilines is 1. The van der Waals surface area contributed by atoms with Gasteiger partial charge in [0.15, 0.2) is 0 Å². The lowest BCUT2D eigenvalue weighted by atomic mass is 9.98. The molecule has 4 heteroatoms. The number of hydrogen-bond acceptors (Lipinski definition) is 3. The average Bonchev–Trinajstić information content (AvgIpc) is 2.82. The molecule has 0 radical (unpaired) electrons. The second kappa shape index (κ2) is 5.40. The summed E-state index contributed by atoms with van der Waals surface area (Å²) in [5.41, 5.74) is 1.42. The number of carbonyl (C=O) groups excluding carboxylic acids is 1. The maximum atomic E-state index is 12.1. The summed E-state index contributed by atoms with van der Waals surface area (Å²) in [6.07, 6.45) is 1.63. The normalized spacial score (nSPS) is 23.0. The van der Waals surface area contributed by atoms with E-state index in [1.807, 2.05) is 13.8 Å². The molecule has 0 aromatic heterocycles. The second-order valence-electron chi connectivity index (χ2n) is 4.70. The Morgan fingerprint density at radius 1 is 1.56 bits per heavy atom. The van der Waals surface area contributed by atoms with Gasteiger partial charge in [-0.1, -0.05) is 13.0 Å². The molecule has 2 N–H and O–H groups in total. The number of benzene rings is 1. The SMILES string of the molecule is CCC1OCCC1C(=O)Nc1ccc(C)c(O)c1. The van der Waals surface area contributed by atoms with E-state index in [2.05, 4.69) is 5.32 Å². The van der Waals surface area contributed by atoms with Gasteiger partial charge in [-0.15, -0.1) is 0 Å². The first kappa shape index (κ1) is 12.9. The third-order valence-electron chi connectivity index (χ3n) is 3.43. The molecule has 0 bridgehead atoms. The van der Waals surface area contributed by atoms with Gasteiger partial charge in [0.2, 0.25) is 5.91 Å². The summed E-state index contributed by atoms with van der Waals surface area (Å²) >= 11 is 0. The van der Waals surface area contributed by atoms with Crippen LogP contribution in [0.1, 0.15) is 25.3 Å². The largest absolute Gasteiger partial charge is 0.508 e. The molecule has 98 valence electrons. The number of ether oxygens (including phenoxy) is 1. The first-order chi connectivity index (χ1) is 8.61. The number of carbonyl (C=O) groups is 1. The molecule has 0 spiro atoms. The predicted octanol–water partition coefficient (Wildman–Crippen LogP) is 2.45. The van der Waals surface area contributed by atoms with Gasteiger partial charge >= 0.3 is 0 Å². The van der Waals surface area contributed by atoms with Crippen LogP contribution in [-0.4, -0.2) is 23.7 Å². The third kappa shape index (κ3) is 2.64. The van der Waals surface area contributed by atoms with Gasteiger partial charge in [0, 0.05) is 18.4 Å². The zero-order valence-corrected chi connectivity index (χ0v) is 10.8. The summed E-state index contributed by atoms with van der Waals surface area (Å²) < 4.78 is 5.51. The zero-order chi connectivity index (χ0) is 13.1. The van der Waals surface area contributed by atoms with Gasteiger partial charge in [0.1, 0.15) is 5.75 Å². The van der Waals surface area contributed by atoms with Crippen LogP contribution in [-0.2, 0) is 9.53 Å². The fourth-order valence-corrected chi connectivity index (χ4v) is 2.27. The number of aryl methyl sites for hydroxylation is 1. The summed E-state index contributed by atoms with van der Waals surface area (Å²) in [4.78, 5) is 12.1. The highest BCUT2D eigenvalue weighted by Crippen LogP contribution is 2.26. The Morgan fingerprint density at radius 3 is 3.00 bits per heavy atom. The van der Waals surface area contributed by atoms with Crippen LogP contribution in [0.4, 0.5) is 5.69 Å². The molecule has 2 rings (SSSR count). The molecular weight excluding hydrogens is 230 g/mol. The Morgan fingerprint density at radius 2 is 2.33 bits per heavy atom. The first-order valence-corrected chi connectivity index (χ1v) is 6.34. The highest BCUT2D eigenvalue weighted by Gasteiger charge is 2.32. The van der Waals surface area contributed by atoms with Gasteiger partial charge in [-0.05, 0) is 31.4 Å². The van der Waals surface area contributed by atoms with Crippen molar-refractivity contribution in [2.45, 2.75) is 32.8 Å². The highest BCUT2D eigenvalue weighted by molar-refractivity contribution is 5.93.